The first-order chi connectivity index (χ1) is 8.06. The molecule has 0 aromatic carbocycles. The van der Waals surface area contributed by atoms with Gasteiger partial charge in [-0.25, -0.2) is 0 Å². The molecule has 98 valence electrons. The number of hydrogen-bond donors (Lipinski definition) is 2. The Kier molecular flexibility index (Phi) is 5.41. The number of primary amides is 1. The molecular weight excluding hydrogens is 220 g/mol. The van der Waals surface area contributed by atoms with E-state index in [1.807, 2.05) is 6.92 Å². The Hall–Kier alpha value is -1.10. The van der Waals surface area contributed by atoms with Crippen molar-refractivity contribution in [1.29, 1.82) is 0 Å². The van der Waals surface area contributed by atoms with E-state index in [0.717, 1.165) is 12.8 Å². The first kappa shape index (κ1) is 14.0. The Morgan fingerprint density at radius 1 is 1.35 bits per heavy atom. The molecular formula is C12H22N2O3. The van der Waals surface area contributed by atoms with Gasteiger partial charge in [0.2, 0.25) is 11.8 Å². The van der Waals surface area contributed by atoms with E-state index in [-0.39, 0.29) is 30.4 Å². The van der Waals surface area contributed by atoms with Crippen LogP contribution < -0.4 is 5.73 Å². The molecule has 0 saturated carbocycles. The summed E-state index contributed by atoms with van der Waals surface area (Å²) in [5.41, 5.74) is 5.29. The van der Waals surface area contributed by atoms with Crippen molar-refractivity contribution in [2.45, 2.75) is 45.1 Å². The third kappa shape index (κ3) is 4.00. The summed E-state index contributed by atoms with van der Waals surface area (Å²) in [6, 6.07) is 0.187. The number of piperidine rings is 1. The summed E-state index contributed by atoms with van der Waals surface area (Å²) in [5, 5.41) is 8.67. The third-order valence-electron chi connectivity index (χ3n) is 3.40. The van der Waals surface area contributed by atoms with Crippen molar-refractivity contribution in [1.82, 2.24) is 4.90 Å². The lowest BCUT2D eigenvalue weighted by Gasteiger charge is -2.37. The van der Waals surface area contributed by atoms with Gasteiger partial charge in [0.25, 0.3) is 0 Å². The van der Waals surface area contributed by atoms with E-state index in [2.05, 4.69) is 0 Å². The maximum atomic E-state index is 11.9. The Balaban J connectivity index is 2.48. The molecule has 1 rings (SSSR count). The fourth-order valence-electron chi connectivity index (χ4n) is 2.22. The second kappa shape index (κ2) is 6.59. The predicted octanol–water partition coefficient (Wildman–Crippen LogP) is 0.261. The summed E-state index contributed by atoms with van der Waals surface area (Å²) in [4.78, 5) is 24.8. The molecule has 0 aliphatic carbocycles. The topological polar surface area (TPSA) is 83.6 Å². The van der Waals surface area contributed by atoms with E-state index in [1.54, 1.807) is 4.90 Å². The average Bonchev–Trinajstić information content (AvgIpc) is 2.29. The zero-order valence-corrected chi connectivity index (χ0v) is 10.4. The van der Waals surface area contributed by atoms with E-state index in [4.69, 9.17) is 10.8 Å². The van der Waals surface area contributed by atoms with Crippen molar-refractivity contribution >= 4 is 11.8 Å². The number of hydrogen-bond acceptors (Lipinski definition) is 3. The fourth-order valence-corrected chi connectivity index (χ4v) is 2.22. The van der Waals surface area contributed by atoms with Gasteiger partial charge in [0.05, 0.1) is 5.92 Å². The summed E-state index contributed by atoms with van der Waals surface area (Å²) in [7, 11) is 0. The number of carbonyl (C=O) groups is 2. The molecule has 5 heteroatoms. The molecule has 1 heterocycles. The zero-order chi connectivity index (χ0) is 12.8. The summed E-state index contributed by atoms with van der Waals surface area (Å²) in [6.45, 7) is 2.57. The minimum atomic E-state index is -0.315. The number of unbranched alkanes of at least 4 members (excludes halogenated alkanes) is 1. The highest BCUT2D eigenvalue weighted by molar-refractivity contribution is 5.80. The first-order valence-corrected chi connectivity index (χ1v) is 6.26. The summed E-state index contributed by atoms with van der Waals surface area (Å²) in [5.74, 6) is -0.449. The monoisotopic (exact) mass is 242 g/mol. The van der Waals surface area contributed by atoms with Gasteiger partial charge in [0.15, 0.2) is 0 Å². The van der Waals surface area contributed by atoms with Crippen molar-refractivity contribution in [3.8, 4) is 0 Å². The number of aliphatic hydroxyl groups is 1. The number of carbonyl (C=O) groups excluding carboxylic acids is 2. The molecule has 1 aliphatic rings. The van der Waals surface area contributed by atoms with Gasteiger partial charge in [-0.1, -0.05) is 0 Å². The highest BCUT2D eigenvalue weighted by Gasteiger charge is 2.30. The van der Waals surface area contributed by atoms with Gasteiger partial charge in [0, 0.05) is 25.6 Å². The average molecular weight is 242 g/mol. The van der Waals surface area contributed by atoms with Crippen LogP contribution in [0, 0.1) is 5.92 Å². The van der Waals surface area contributed by atoms with Gasteiger partial charge in [-0.05, 0) is 32.6 Å². The molecule has 1 fully saturated rings. The second-order valence-corrected chi connectivity index (χ2v) is 4.75. The number of amides is 2. The minimum Gasteiger partial charge on any atom is -0.396 e. The van der Waals surface area contributed by atoms with Crippen LogP contribution in [0.5, 0.6) is 0 Å². The third-order valence-corrected chi connectivity index (χ3v) is 3.40. The quantitative estimate of drug-likeness (QED) is 0.678. The van der Waals surface area contributed by atoms with Gasteiger partial charge in [-0.15, -0.1) is 0 Å². The molecule has 2 amide bonds. The fraction of sp³-hybridized carbons (Fsp3) is 0.833. The van der Waals surface area contributed by atoms with Crippen LogP contribution in [0.3, 0.4) is 0 Å². The largest absolute Gasteiger partial charge is 0.396 e. The number of likely N-dealkylation sites (tertiary alicyclic amines) is 1. The summed E-state index contributed by atoms with van der Waals surface area (Å²) < 4.78 is 0. The van der Waals surface area contributed by atoms with Crippen LogP contribution >= 0.6 is 0 Å². The van der Waals surface area contributed by atoms with Gasteiger partial charge in [-0.2, -0.15) is 0 Å². The van der Waals surface area contributed by atoms with E-state index in [9.17, 15) is 9.59 Å². The Morgan fingerprint density at radius 3 is 2.65 bits per heavy atom. The van der Waals surface area contributed by atoms with Gasteiger partial charge in [-0.3, -0.25) is 9.59 Å². The lowest BCUT2D eigenvalue weighted by Crippen LogP contribution is -2.48. The highest BCUT2D eigenvalue weighted by atomic mass is 16.3. The molecule has 2 atom stereocenters. The Morgan fingerprint density at radius 2 is 2.06 bits per heavy atom. The van der Waals surface area contributed by atoms with Gasteiger partial charge < -0.3 is 15.7 Å². The van der Waals surface area contributed by atoms with Gasteiger partial charge in [0.1, 0.15) is 0 Å². The number of aliphatic hydroxyl groups excluding tert-OH is 1. The zero-order valence-electron chi connectivity index (χ0n) is 10.4. The molecule has 2 unspecified atom stereocenters. The van der Waals surface area contributed by atoms with Crippen molar-refractivity contribution in [3.63, 3.8) is 0 Å². The smallest absolute Gasteiger partial charge is 0.222 e. The van der Waals surface area contributed by atoms with Crippen LogP contribution in [0.1, 0.15) is 39.0 Å². The molecule has 0 aromatic rings. The normalized spacial score (nSPS) is 24.7. The van der Waals surface area contributed by atoms with Crippen molar-refractivity contribution < 1.29 is 14.7 Å². The van der Waals surface area contributed by atoms with Crippen LogP contribution in [0.4, 0.5) is 0 Å². The minimum absolute atomic E-state index is 0.0666. The van der Waals surface area contributed by atoms with Crippen LogP contribution in [-0.2, 0) is 9.59 Å². The molecule has 17 heavy (non-hydrogen) atoms. The predicted molar refractivity (Wildman–Crippen MR) is 64.0 cm³/mol. The number of nitrogens with zero attached hydrogens (tertiary/aromatic N) is 1. The van der Waals surface area contributed by atoms with E-state index < -0.39 is 0 Å². The summed E-state index contributed by atoms with van der Waals surface area (Å²) in [6.07, 6.45) is 3.39. The number of rotatable bonds is 5. The van der Waals surface area contributed by atoms with E-state index in [1.165, 1.54) is 0 Å². The SMILES string of the molecule is CC1CCC(C(N)=O)CN1C(=O)CCCCO. The Bertz CT molecular complexity index is 281. The lowest BCUT2D eigenvalue weighted by molar-refractivity contribution is -0.137. The lowest BCUT2D eigenvalue weighted by atomic mass is 9.92. The standard InChI is InChI=1S/C12H22N2O3/c1-9-5-6-10(12(13)17)8-14(9)11(16)4-2-3-7-15/h9-10,15H,2-8H2,1H3,(H2,13,17). The molecule has 0 bridgehead atoms. The van der Waals surface area contributed by atoms with Gasteiger partial charge >= 0.3 is 0 Å². The van der Waals surface area contributed by atoms with Crippen LogP contribution in [-0.4, -0.2) is 41.0 Å². The molecule has 0 radical (unpaired) electrons. The molecule has 1 saturated heterocycles. The van der Waals surface area contributed by atoms with Crippen molar-refractivity contribution in [2.24, 2.45) is 11.7 Å². The second-order valence-electron chi connectivity index (χ2n) is 4.75. The molecule has 1 aliphatic heterocycles. The summed E-state index contributed by atoms with van der Waals surface area (Å²) >= 11 is 0. The molecule has 3 N–H and O–H groups in total. The van der Waals surface area contributed by atoms with E-state index >= 15 is 0 Å². The van der Waals surface area contributed by atoms with Crippen LogP contribution in [0.25, 0.3) is 0 Å². The van der Waals surface area contributed by atoms with Crippen molar-refractivity contribution in [3.05, 3.63) is 0 Å². The maximum absolute atomic E-state index is 11.9. The molecule has 5 nitrogen and oxygen atoms in total. The highest BCUT2D eigenvalue weighted by Crippen LogP contribution is 2.22. The number of nitrogens with two attached hydrogens (primary N) is 1. The van der Waals surface area contributed by atoms with Crippen molar-refractivity contribution in [2.75, 3.05) is 13.2 Å². The molecule has 0 spiro atoms. The van der Waals surface area contributed by atoms with Crippen LogP contribution in [0.2, 0.25) is 0 Å². The van der Waals surface area contributed by atoms with E-state index in [0.29, 0.717) is 25.8 Å². The molecule has 0 aromatic heterocycles. The first-order valence-electron chi connectivity index (χ1n) is 6.26. The maximum Gasteiger partial charge on any atom is 0.222 e. The van der Waals surface area contributed by atoms with Crippen LogP contribution in [0.15, 0.2) is 0 Å². The Labute approximate surface area is 102 Å².